The maximum Gasteiger partial charge on any atom is 4.00 e. The standard InChI is InChI=1S/C15H20P.C10H15.2ClH.Ti/c1-3-9-16(10-4-2)15-11-13-7-5-6-8-14(13)12-15;1-3-6-9(2)10-7-4-5-8-10;;;/h5-8,11-12H,3-4,9-10H2,1-2H3;4,7,9H,3,5-6H2,1-2H3;2*1H;/q2*-1;;;+4/p-2. The molecule has 0 bridgehead atoms. The largest absolute Gasteiger partial charge is 4.00 e. The average molecular weight is 485 g/mol. The van der Waals surface area contributed by atoms with Gasteiger partial charge in [-0.2, -0.15) is 12.1 Å². The van der Waals surface area contributed by atoms with Crippen LogP contribution in [-0.2, 0) is 21.7 Å². The van der Waals surface area contributed by atoms with Crippen LogP contribution in [0.3, 0.4) is 0 Å². The Hall–Kier alpha value is 0.0343. The van der Waals surface area contributed by atoms with Gasteiger partial charge in [-0.05, 0) is 18.7 Å². The molecule has 0 saturated heterocycles. The molecule has 1 aliphatic rings. The van der Waals surface area contributed by atoms with Crippen LogP contribution in [0.5, 0.6) is 0 Å². The van der Waals surface area contributed by atoms with Crippen molar-refractivity contribution in [2.75, 3.05) is 12.3 Å². The van der Waals surface area contributed by atoms with E-state index in [0.29, 0.717) is 0 Å². The number of hydrogen-bond acceptors (Lipinski definition) is 0. The fourth-order valence-corrected chi connectivity index (χ4v) is 6.04. The van der Waals surface area contributed by atoms with E-state index >= 15 is 0 Å². The summed E-state index contributed by atoms with van der Waals surface area (Å²) < 4.78 is 0. The van der Waals surface area contributed by atoms with E-state index in [1.54, 1.807) is 5.30 Å². The Labute approximate surface area is 207 Å². The molecule has 2 aromatic rings. The van der Waals surface area contributed by atoms with Crippen LogP contribution in [0.4, 0.5) is 0 Å². The van der Waals surface area contributed by atoms with E-state index in [1.165, 1.54) is 54.4 Å². The van der Waals surface area contributed by atoms with Gasteiger partial charge < -0.3 is 24.8 Å². The molecule has 0 radical (unpaired) electrons. The molecule has 4 heteroatoms. The number of benzene rings is 1. The van der Waals surface area contributed by atoms with E-state index in [4.69, 9.17) is 0 Å². The van der Waals surface area contributed by atoms with Gasteiger partial charge in [-0.1, -0.05) is 66.9 Å². The molecule has 3 rings (SSSR count). The molecule has 1 unspecified atom stereocenters. The normalized spacial score (nSPS) is 12.9. The zero-order valence-electron chi connectivity index (χ0n) is 18.3. The van der Waals surface area contributed by atoms with Crippen molar-refractivity contribution < 1.29 is 46.5 Å². The average Bonchev–Trinajstić information content (AvgIpc) is 3.32. The third kappa shape index (κ3) is 10.3. The Morgan fingerprint density at radius 2 is 1.69 bits per heavy atom. The number of rotatable bonds is 8. The van der Waals surface area contributed by atoms with Crippen LogP contribution in [-0.4, -0.2) is 12.3 Å². The molecule has 1 aliphatic carbocycles. The Kier molecular flexibility index (Phi) is 19.0. The van der Waals surface area contributed by atoms with Crippen molar-refractivity contribution in [3.05, 3.63) is 60.2 Å². The van der Waals surface area contributed by atoms with Crippen LogP contribution in [0.25, 0.3) is 10.8 Å². The van der Waals surface area contributed by atoms with Crippen LogP contribution in [0.2, 0.25) is 0 Å². The predicted octanol–water partition coefficient (Wildman–Crippen LogP) is 1.60. The monoisotopic (exact) mass is 484 g/mol. The number of fused-ring (bicyclic) bond motifs is 1. The van der Waals surface area contributed by atoms with E-state index in [1.807, 2.05) is 0 Å². The second-order valence-electron chi connectivity index (χ2n) is 7.26. The first-order valence-electron chi connectivity index (χ1n) is 10.4. The second kappa shape index (κ2) is 17.7. The Balaban J connectivity index is 0. The van der Waals surface area contributed by atoms with E-state index in [-0.39, 0.29) is 54.5 Å². The fourth-order valence-electron chi connectivity index (χ4n) is 3.58. The first kappa shape index (κ1) is 31.2. The van der Waals surface area contributed by atoms with Crippen molar-refractivity contribution in [2.24, 2.45) is 5.92 Å². The van der Waals surface area contributed by atoms with Gasteiger partial charge in [-0.15, -0.1) is 46.8 Å². The van der Waals surface area contributed by atoms with Crippen molar-refractivity contribution >= 4 is 24.0 Å². The van der Waals surface area contributed by atoms with E-state index in [0.717, 1.165) is 12.3 Å². The summed E-state index contributed by atoms with van der Waals surface area (Å²) in [5.41, 5.74) is 1.42. The topological polar surface area (TPSA) is 0 Å². The molecule has 29 heavy (non-hydrogen) atoms. The summed E-state index contributed by atoms with van der Waals surface area (Å²) in [5.74, 6) is 0.726. The first-order valence-corrected chi connectivity index (χ1v) is 12.1. The molecule has 0 spiro atoms. The summed E-state index contributed by atoms with van der Waals surface area (Å²) in [6, 6.07) is 13.5. The molecule has 1 atom stereocenters. The van der Waals surface area contributed by atoms with Gasteiger partial charge in [-0.25, -0.2) is 11.6 Å². The van der Waals surface area contributed by atoms with Gasteiger partial charge in [-0.3, -0.25) is 6.08 Å². The van der Waals surface area contributed by atoms with Gasteiger partial charge in [0.25, 0.3) is 0 Å². The molecule has 0 amide bonds. The molecule has 2 aromatic carbocycles. The zero-order valence-corrected chi connectivity index (χ0v) is 22.3. The van der Waals surface area contributed by atoms with Crippen molar-refractivity contribution in [3.8, 4) is 0 Å². The van der Waals surface area contributed by atoms with Gasteiger partial charge in [0, 0.05) is 0 Å². The Morgan fingerprint density at radius 3 is 2.21 bits per heavy atom. The molecule has 158 valence electrons. The molecule has 0 aromatic heterocycles. The minimum Gasteiger partial charge on any atom is -1.00 e. The summed E-state index contributed by atoms with van der Waals surface area (Å²) in [6.45, 7) is 9.11. The minimum atomic E-state index is 0. The minimum absolute atomic E-state index is 0. The molecule has 0 aliphatic heterocycles. The number of hydrogen-bond donors (Lipinski definition) is 0. The summed E-state index contributed by atoms with van der Waals surface area (Å²) in [6.07, 6.45) is 16.7. The zero-order chi connectivity index (χ0) is 18.8. The summed E-state index contributed by atoms with van der Waals surface area (Å²) >= 11 is 0. The van der Waals surface area contributed by atoms with Gasteiger partial charge in [0.15, 0.2) is 0 Å². The van der Waals surface area contributed by atoms with E-state index in [9.17, 15) is 0 Å². The summed E-state index contributed by atoms with van der Waals surface area (Å²) in [5, 5.41) is 4.44. The Bertz CT molecular complexity index is 681. The van der Waals surface area contributed by atoms with Crippen LogP contribution < -0.4 is 30.1 Å². The van der Waals surface area contributed by atoms with Crippen molar-refractivity contribution in [1.29, 1.82) is 0 Å². The molecule has 0 fully saturated rings. The quantitative estimate of drug-likeness (QED) is 0.303. The van der Waals surface area contributed by atoms with Crippen LogP contribution >= 0.6 is 7.92 Å². The van der Waals surface area contributed by atoms with Gasteiger partial charge in [0.05, 0.1) is 0 Å². The van der Waals surface area contributed by atoms with Gasteiger partial charge in [0.1, 0.15) is 0 Å². The predicted molar refractivity (Wildman–Crippen MR) is 121 cm³/mol. The first-order chi connectivity index (χ1) is 12.7. The molecule has 0 nitrogen and oxygen atoms in total. The van der Waals surface area contributed by atoms with Crippen molar-refractivity contribution in [3.63, 3.8) is 0 Å². The maximum absolute atomic E-state index is 3.35. The molecule has 0 saturated carbocycles. The summed E-state index contributed by atoms with van der Waals surface area (Å²) in [7, 11) is 0.0972. The third-order valence-corrected chi connectivity index (χ3v) is 7.89. The van der Waals surface area contributed by atoms with Crippen molar-refractivity contribution in [2.45, 2.75) is 59.8 Å². The smallest absolute Gasteiger partial charge is 1.00 e. The molecular formula is C25H35Cl2PTi. The number of halogens is 2. The second-order valence-corrected chi connectivity index (χ2v) is 9.75. The SMILES string of the molecule is CCCC(C)C1=[C-]CC=C1.CCCP(CCC)c1cc2ccccc2[cH-]1.[Cl-].[Cl-].[Ti+4]. The molecular weight excluding hydrogens is 450 g/mol. The van der Waals surface area contributed by atoms with Gasteiger partial charge in [0.2, 0.25) is 0 Å². The van der Waals surface area contributed by atoms with E-state index < -0.39 is 0 Å². The maximum atomic E-state index is 3.35. The van der Waals surface area contributed by atoms with Crippen LogP contribution in [0.15, 0.2) is 54.1 Å². The van der Waals surface area contributed by atoms with Crippen molar-refractivity contribution in [1.82, 2.24) is 0 Å². The molecule has 0 N–H and O–H groups in total. The summed E-state index contributed by atoms with van der Waals surface area (Å²) in [4.78, 5) is 0. The van der Waals surface area contributed by atoms with Gasteiger partial charge >= 0.3 is 21.7 Å². The fraction of sp³-hybridized carbons (Fsp3) is 0.480. The van der Waals surface area contributed by atoms with Crippen LogP contribution in [0, 0.1) is 12.0 Å². The molecule has 0 heterocycles. The Morgan fingerprint density at radius 1 is 1.03 bits per heavy atom. The van der Waals surface area contributed by atoms with Crippen LogP contribution in [0.1, 0.15) is 59.8 Å². The number of allylic oxidation sites excluding steroid dienone is 4. The third-order valence-electron chi connectivity index (χ3n) is 4.93. The van der Waals surface area contributed by atoms with E-state index in [2.05, 4.69) is 82.3 Å².